The predicted molar refractivity (Wildman–Crippen MR) is 287 cm³/mol. The first-order valence-electron chi connectivity index (χ1n) is 24.4. The number of anilines is 1. The van der Waals surface area contributed by atoms with E-state index >= 15 is 0 Å². The largest absolute Gasteiger partial charge is 0.492 e. The van der Waals surface area contributed by atoms with Crippen molar-refractivity contribution in [3.63, 3.8) is 0 Å². The normalized spacial score (nSPS) is 17.4. The van der Waals surface area contributed by atoms with Crippen LogP contribution in [0.5, 0.6) is 5.75 Å². The van der Waals surface area contributed by atoms with Crippen LogP contribution in [0.3, 0.4) is 0 Å². The fourth-order valence-corrected chi connectivity index (χ4v) is 11.3. The molecule has 0 atom stereocenters. The van der Waals surface area contributed by atoms with Crippen LogP contribution in [0.15, 0.2) is 113 Å². The number of halogens is 3. The zero-order valence-corrected chi connectivity index (χ0v) is 43.5. The van der Waals surface area contributed by atoms with Gasteiger partial charge >= 0.3 is 5.97 Å². The molecule has 0 aromatic heterocycles. The Morgan fingerprint density at radius 2 is 1.59 bits per heavy atom. The molecule has 0 amide bonds. The summed E-state index contributed by atoms with van der Waals surface area (Å²) in [5.74, 6) is 3.43. The summed E-state index contributed by atoms with van der Waals surface area (Å²) in [4.78, 5) is 28.7. The molecule has 0 bridgehead atoms. The maximum absolute atomic E-state index is 12.9. The fourth-order valence-electron chi connectivity index (χ4n) is 9.78. The monoisotopic (exact) mass is 996 g/mol. The number of benzene rings is 3. The van der Waals surface area contributed by atoms with Crippen molar-refractivity contribution in [1.29, 1.82) is 0 Å². The maximum atomic E-state index is 12.9. The highest BCUT2D eigenvalue weighted by Crippen LogP contribution is 2.48. The van der Waals surface area contributed by atoms with Gasteiger partial charge in [-0.2, -0.15) is 4.58 Å². The standard InChI is InChI=1S/C57H68Cl3N3O4S/c1-6-34-61(35-18-39-67-50-31-30-44(58)41-47(50)59)36-19-40-68-54(66)27-10-8-16-38-63-49-25-14-12-23-46(49)57(4,5)52(63)33-29-43-21-17-20-42(55(43)60)28-32-51-56(2,3)45-22-11-13-24-48(45)62(51)37-15-7-9-26-53(64)65/h1,11-14,22-25,28-33,41H,7-10,15-21,26-27,34-40H2,2-5H3/p+1. The first kappa shape index (κ1) is 53.1. The van der Waals surface area contributed by atoms with Crippen molar-refractivity contribution in [2.75, 3.05) is 50.0 Å². The molecule has 11 heteroatoms. The summed E-state index contributed by atoms with van der Waals surface area (Å²) in [6, 6.07) is 22.6. The topological polar surface area (TPSA) is 73.1 Å². The summed E-state index contributed by atoms with van der Waals surface area (Å²) < 4.78 is 8.26. The fraction of sp³-hybridized carbons (Fsp3) is 0.456. The van der Waals surface area contributed by atoms with E-state index in [9.17, 15) is 9.59 Å². The Bertz CT molecular complexity index is 2460. The Morgan fingerprint density at radius 1 is 0.853 bits per heavy atom. The van der Waals surface area contributed by atoms with E-state index in [0.29, 0.717) is 41.8 Å². The SMILES string of the molecule is C#CCN(CCCOc1ccc(Cl)cc1Cl)CCCSC(=O)CCCCCN1C(=CC=C2CCCC(C=CC3=[N+](CCCCCC(=O)O)c4ccccc4C3(C)C)=C2Cl)C(C)(C)c2ccccc21. The van der Waals surface area contributed by atoms with Crippen LogP contribution in [0.4, 0.5) is 11.4 Å². The molecule has 3 aliphatic rings. The number of terminal acetylenes is 1. The van der Waals surface area contributed by atoms with E-state index in [1.54, 1.807) is 18.2 Å². The molecule has 1 N–H and O–H groups in total. The maximum Gasteiger partial charge on any atom is 0.303 e. The first-order valence-corrected chi connectivity index (χ1v) is 26.6. The summed E-state index contributed by atoms with van der Waals surface area (Å²) >= 11 is 21.0. The Kier molecular flexibility index (Phi) is 20.0. The number of para-hydroxylation sites is 2. The van der Waals surface area contributed by atoms with Gasteiger partial charge in [0.2, 0.25) is 5.69 Å². The molecule has 6 rings (SSSR count). The van der Waals surface area contributed by atoms with E-state index in [-0.39, 0.29) is 22.4 Å². The Hall–Kier alpha value is -4.23. The molecule has 0 unspecified atom stereocenters. The van der Waals surface area contributed by atoms with Gasteiger partial charge in [0.15, 0.2) is 10.8 Å². The minimum absolute atomic E-state index is 0.181. The van der Waals surface area contributed by atoms with Gasteiger partial charge in [0.25, 0.3) is 0 Å². The van der Waals surface area contributed by atoms with Crippen molar-refractivity contribution in [1.82, 2.24) is 4.90 Å². The summed E-state index contributed by atoms with van der Waals surface area (Å²) in [5.41, 5.74) is 9.59. The number of carboxylic acids is 1. The zero-order valence-electron chi connectivity index (χ0n) is 40.4. The molecule has 2 heterocycles. The van der Waals surface area contributed by atoms with Gasteiger partial charge in [0.1, 0.15) is 12.3 Å². The molecule has 7 nitrogen and oxygen atoms in total. The average molecular weight is 999 g/mol. The molecule has 68 heavy (non-hydrogen) atoms. The van der Waals surface area contributed by atoms with Gasteiger partial charge in [-0.05, 0) is 125 Å². The van der Waals surface area contributed by atoms with Gasteiger partial charge in [-0.15, -0.1) is 6.42 Å². The van der Waals surface area contributed by atoms with E-state index in [1.165, 1.54) is 45.7 Å². The number of hydrogen-bond donors (Lipinski definition) is 1. The van der Waals surface area contributed by atoms with Gasteiger partial charge in [0, 0.05) is 82.7 Å². The molecule has 362 valence electrons. The third kappa shape index (κ3) is 14.0. The summed E-state index contributed by atoms with van der Waals surface area (Å²) in [5, 5.41) is 11.3. The van der Waals surface area contributed by atoms with Crippen LogP contribution < -0.4 is 9.64 Å². The summed E-state index contributed by atoms with van der Waals surface area (Å²) in [7, 11) is 0. The second kappa shape index (κ2) is 25.6. The summed E-state index contributed by atoms with van der Waals surface area (Å²) in [6.45, 7) is 13.7. The lowest BCUT2D eigenvalue weighted by Crippen LogP contribution is -2.28. The van der Waals surface area contributed by atoms with Gasteiger partial charge in [-0.3, -0.25) is 14.5 Å². The van der Waals surface area contributed by atoms with Crippen LogP contribution in [-0.2, 0) is 20.4 Å². The van der Waals surface area contributed by atoms with Gasteiger partial charge in [-0.25, -0.2) is 0 Å². The molecule has 3 aromatic carbocycles. The van der Waals surface area contributed by atoms with Gasteiger partial charge in [-0.1, -0.05) is 121 Å². The Balaban J connectivity index is 1.02. The van der Waals surface area contributed by atoms with Crippen molar-refractivity contribution in [3.05, 3.63) is 134 Å². The Morgan fingerprint density at radius 3 is 2.37 bits per heavy atom. The van der Waals surface area contributed by atoms with Gasteiger partial charge < -0.3 is 14.7 Å². The molecule has 0 spiro atoms. The quantitative estimate of drug-likeness (QED) is 0.0515. The number of nitrogens with zero attached hydrogens (tertiary/aromatic N) is 3. The van der Waals surface area contributed by atoms with Crippen LogP contribution in [0, 0.1) is 12.3 Å². The van der Waals surface area contributed by atoms with Crippen molar-refractivity contribution in [2.45, 2.75) is 122 Å². The minimum atomic E-state index is -0.733. The van der Waals surface area contributed by atoms with Crippen LogP contribution >= 0.6 is 46.6 Å². The molecule has 3 aromatic rings. The highest BCUT2D eigenvalue weighted by Gasteiger charge is 2.44. The number of allylic oxidation sites excluding steroid dienone is 8. The molecular weight excluding hydrogens is 929 g/mol. The van der Waals surface area contributed by atoms with Gasteiger partial charge in [0.05, 0.1) is 23.6 Å². The number of hydrogen-bond acceptors (Lipinski definition) is 6. The van der Waals surface area contributed by atoms with Crippen molar-refractivity contribution < 1.29 is 24.0 Å². The van der Waals surface area contributed by atoms with E-state index in [0.717, 1.165) is 112 Å². The number of thioether (sulfide) groups is 1. The van der Waals surface area contributed by atoms with E-state index < -0.39 is 5.97 Å². The van der Waals surface area contributed by atoms with E-state index in [4.69, 9.17) is 51.1 Å². The zero-order chi connectivity index (χ0) is 48.7. The molecular formula is C57H69Cl3N3O4S+. The molecule has 0 saturated carbocycles. The minimum Gasteiger partial charge on any atom is -0.492 e. The van der Waals surface area contributed by atoms with E-state index in [2.05, 4.69) is 121 Å². The van der Waals surface area contributed by atoms with Crippen LogP contribution in [0.1, 0.15) is 122 Å². The Labute approximate surface area is 425 Å². The smallest absolute Gasteiger partial charge is 0.303 e. The highest BCUT2D eigenvalue weighted by molar-refractivity contribution is 8.13. The lowest BCUT2D eigenvalue weighted by molar-refractivity contribution is -0.438. The molecule has 0 radical (unpaired) electrons. The number of rotatable bonds is 25. The second-order valence-corrected chi connectivity index (χ2v) is 21.5. The van der Waals surface area contributed by atoms with Crippen molar-refractivity contribution >= 4 is 74.7 Å². The average Bonchev–Trinajstić information content (AvgIpc) is 3.66. The molecule has 0 fully saturated rings. The van der Waals surface area contributed by atoms with Crippen LogP contribution in [-0.4, -0.2) is 76.5 Å². The van der Waals surface area contributed by atoms with Crippen molar-refractivity contribution in [2.24, 2.45) is 0 Å². The first-order chi connectivity index (χ1) is 32.7. The number of carbonyl (C=O) groups excluding carboxylic acids is 1. The second-order valence-electron chi connectivity index (χ2n) is 19.1. The number of ether oxygens (including phenoxy) is 1. The number of unbranched alkanes of at least 4 members (excludes halogenated alkanes) is 4. The molecule has 1 aliphatic carbocycles. The number of carboxylic acid groups (broad SMARTS) is 1. The highest BCUT2D eigenvalue weighted by atomic mass is 35.5. The van der Waals surface area contributed by atoms with Crippen molar-refractivity contribution in [3.8, 4) is 18.1 Å². The third-order valence-corrected chi connectivity index (χ3v) is 15.5. The number of aliphatic carboxylic acids is 1. The van der Waals surface area contributed by atoms with E-state index in [1.807, 2.05) is 0 Å². The van der Waals surface area contributed by atoms with Crippen LogP contribution in [0.2, 0.25) is 10.0 Å². The molecule has 0 saturated heterocycles. The third-order valence-electron chi connectivity index (χ3n) is 13.4. The number of fused-ring (bicyclic) bond motifs is 2. The van der Waals surface area contributed by atoms with Crippen LogP contribution in [0.25, 0.3) is 0 Å². The predicted octanol–water partition coefficient (Wildman–Crippen LogP) is 14.5. The number of carbonyl (C=O) groups is 2. The molecule has 2 aliphatic heterocycles. The summed E-state index contributed by atoms with van der Waals surface area (Å²) in [6.07, 6.45) is 25.4. The lowest BCUT2D eigenvalue weighted by atomic mass is 9.81. The lowest BCUT2D eigenvalue weighted by Gasteiger charge is -2.27.